The number of carbonyl (C=O) groups is 2. The van der Waals surface area contributed by atoms with Crippen molar-refractivity contribution in [2.75, 3.05) is 18.5 Å². The Labute approximate surface area is 165 Å². The highest BCUT2D eigenvalue weighted by Gasteiger charge is 2.47. The molecule has 0 saturated carbocycles. The van der Waals surface area contributed by atoms with E-state index < -0.39 is 23.5 Å². The van der Waals surface area contributed by atoms with Crippen LogP contribution in [0.1, 0.15) is 39.0 Å². The van der Waals surface area contributed by atoms with Crippen molar-refractivity contribution >= 4 is 23.8 Å². The molecule has 0 unspecified atom stereocenters. The molecule has 11 nitrogen and oxygen atoms in total. The molecule has 1 aliphatic rings. The summed E-state index contributed by atoms with van der Waals surface area (Å²) in [6.45, 7) is 7.01. The molecule has 3 rings (SSSR count). The summed E-state index contributed by atoms with van der Waals surface area (Å²) in [5.74, 6) is -0.892. The second kappa shape index (κ2) is 7.53. The van der Waals surface area contributed by atoms with Gasteiger partial charge in [0.05, 0.1) is 37.2 Å². The highest BCUT2D eigenvalue weighted by atomic mass is 19.1. The molecule has 0 fully saturated rings. The molecule has 0 aromatic carbocycles. The number of hydrogen-bond donors (Lipinski definition) is 2. The van der Waals surface area contributed by atoms with Gasteiger partial charge in [0.25, 0.3) is 0 Å². The number of carbonyl (C=O) groups excluding carboxylic acids is 1. The molecular formula is C17H21FN6O5. The molecule has 0 aliphatic carbocycles. The normalized spacial score (nSPS) is 14.4. The van der Waals surface area contributed by atoms with Gasteiger partial charge in [0.1, 0.15) is 0 Å². The van der Waals surface area contributed by atoms with Gasteiger partial charge in [-0.2, -0.15) is 9.67 Å². The quantitative estimate of drug-likeness (QED) is 0.766. The van der Waals surface area contributed by atoms with E-state index in [0.717, 1.165) is 15.8 Å². The Kier molecular flexibility index (Phi) is 5.27. The van der Waals surface area contributed by atoms with Gasteiger partial charge in [-0.25, -0.2) is 19.0 Å². The number of nitrogens with one attached hydrogen (secondary N) is 1. The van der Waals surface area contributed by atoms with E-state index in [0.29, 0.717) is 17.9 Å². The predicted molar refractivity (Wildman–Crippen MR) is 97.7 cm³/mol. The molecule has 3 heterocycles. The van der Waals surface area contributed by atoms with Gasteiger partial charge >= 0.3 is 18.2 Å². The molecule has 2 aromatic rings. The molecule has 1 aliphatic heterocycles. The van der Waals surface area contributed by atoms with Crippen molar-refractivity contribution in [3.05, 3.63) is 23.3 Å². The third-order valence-corrected chi connectivity index (χ3v) is 4.46. The van der Waals surface area contributed by atoms with Crippen LogP contribution in [-0.4, -0.2) is 55.2 Å². The first-order valence-electron chi connectivity index (χ1n) is 8.93. The lowest BCUT2D eigenvalue weighted by Crippen LogP contribution is -2.41. The SMILES string of the molecule is CCOC(=O)n1nc(Nc2nc(OCC)ncc2F)c2c1C(C)(C)N(C(=O)O)C2. The van der Waals surface area contributed by atoms with Crippen LogP contribution in [0.4, 0.5) is 25.6 Å². The van der Waals surface area contributed by atoms with E-state index in [1.165, 1.54) is 0 Å². The second-order valence-electron chi connectivity index (χ2n) is 6.62. The van der Waals surface area contributed by atoms with Gasteiger partial charge in [0.2, 0.25) is 0 Å². The molecule has 0 saturated heterocycles. The number of fused-ring (bicyclic) bond motifs is 1. The van der Waals surface area contributed by atoms with Crippen LogP contribution in [0.2, 0.25) is 0 Å². The molecule has 2 aromatic heterocycles. The summed E-state index contributed by atoms with van der Waals surface area (Å²) in [5.41, 5.74) is -0.316. The van der Waals surface area contributed by atoms with E-state index in [4.69, 9.17) is 9.47 Å². The largest absolute Gasteiger partial charge is 0.465 e. The highest BCUT2D eigenvalue weighted by Crippen LogP contribution is 2.42. The fourth-order valence-corrected chi connectivity index (χ4v) is 3.19. The smallest absolute Gasteiger partial charge is 0.435 e. The Morgan fingerprint density at radius 2 is 2.03 bits per heavy atom. The van der Waals surface area contributed by atoms with Gasteiger partial charge < -0.3 is 19.9 Å². The summed E-state index contributed by atoms with van der Waals surface area (Å²) in [5, 5.41) is 16.5. The van der Waals surface area contributed by atoms with Crippen LogP contribution in [0.3, 0.4) is 0 Å². The maximum Gasteiger partial charge on any atom is 0.435 e. The first kappa shape index (κ1) is 20.3. The zero-order chi connectivity index (χ0) is 21.3. The Hall–Kier alpha value is -3.44. The topological polar surface area (TPSA) is 132 Å². The van der Waals surface area contributed by atoms with E-state index in [9.17, 15) is 19.1 Å². The number of aromatic nitrogens is 4. The number of rotatable bonds is 5. The Bertz CT molecular complexity index is 960. The van der Waals surface area contributed by atoms with Crippen LogP contribution >= 0.6 is 0 Å². The van der Waals surface area contributed by atoms with E-state index in [-0.39, 0.29) is 30.8 Å². The lowest BCUT2D eigenvalue weighted by molar-refractivity contribution is 0.0940. The van der Waals surface area contributed by atoms with Crippen LogP contribution in [0.5, 0.6) is 6.01 Å². The lowest BCUT2D eigenvalue weighted by atomic mass is 10.0. The molecule has 0 radical (unpaired) electrons. The monoisotopic (exact) mass is 408 g/mol. The van der Waals surface area contributed by atoms with Crippen molar-refractivity contribution in [3.8, 4) is 6.01 Å². The number of amides is 1. The third kappa shape index (κ3) is 3.52. The van der Waals surface area contributed by atoms with Crippen LogP contribution < -0.4 is 10.1 Å². The summed E-state index contributed by atoms with van der Waals surface area (Å²) in [7, 11) is 0. The fourth-order valence-electron chi connectivity index (χ4n) is 3.19. The van der Waals surface area contributed by atoms with Crippen molar-refractivity contribution in [1.82, 2.24) is 24.6 Å². The summed E-state index contributed by atoms with van der Waals surface area (Å²) < 4.78 is 25.4. The van der Waals surface area contributed by atoms with Crippen molar-refractivity contribution in [3.63, 3.8) is 0 Å². The molecule has 0 atom stereocenters. The molecule has 12 heteroatoms. The van der Waals surface area contributed by atoms with Crippen molar-refractivity contribution < 1.29 is 28.6 Å². The summed E-state index contributed by atoms with van der Waals surface area (Å²) in [6, 6.07) is -0.0367. The number of halogens is 1. The average Bonchev–Trinajstić information content (AvgIpc) is 3.14. The molecule has 156 valence electrons. The Morgan fingerprint density at radius 3 is 2.66 bits per heavy atom. The molecular weight excluding hydrogens is 387 g/mol. The molecule has 1 amide bonds. The summed E-state index contributed by atoms with van der Waals surface area (Å²) in [6.07, 6.45) is -0.995. The van der Waals surface area contributed by atoms with Gasteiger partial charge in [-0.1, -0.05) is 0 Å². The molecule has 0 spiro atoms. The lowest BCUT2D eigenvalue weighted by Gasteiger charge is -2.30. The van der Waals surface area contributed by atoms with Crippen molar-refractivity contribution in [1.29, 1.82) is 0 Å². The van der Waals surface area contributed by atoms with Gasteiger partial charge in [-0.05, 0) is 27.7 Å². The first-order chi connectivity index (χ1) is 13.7. The minimum absolute atomic E-state index is 0.0367. The van der Waals surface area contributed by atoms with Crippen molar-refractivity contribution in [2.45, 2.75) is 39.8 Å². The number of anilines is 2. The number of nitrogens with zero attached hydrogens (tertiary/aromatic N) is 5. The van der Waals surface area contributed by atoms with Gasteiger partial charge in [0, 0.05) is 5.56 Å². The van der Waals surface area contributed by atoms with Crippen LogP contribution in [0.25, 0.3) is 0 Å². The minimum Gasteiger partial charge on any atom is -0.465 e. The Morgan fingerprint density at radius 1 is 1.31 bits per heavy atom. The maximum absolute atomic E-state index is 14.2. The zero-order valence-corrected chi connectivity index (χ0v) is 16.4. The van der Waals surface area contributed by atoms with Crippen molar-refractivity contribution in [2.24, 2.45) is 0 Å². The van der Waals surface area contributed by atoms with Gasteiger partial charge in [-0.15, -0.1) is 5.10 Å². The predicted octanol–water partition coefficient (Wildman–Crippen LogP) is 2.69. The number of carboxylic acid groups (broad SMARTS) is 1. The fraction of sp³-hybridized carbons (Fsp3) is 0.471. The number of ether oxygens (including phenoxy) is 2. The van der Waals surface area contributed by atoms with E-state index in [1.54, 1.807) is 27.7 Å². The van der Waals surface area contributed by atoms with Crippen LogP contribution in [-0.2, 0) is 16.8 Å². The highest BCUT2D eigenvalue weighted by molar-refractivity contribution is 5.77. The zero-order valence-electron chi connectivity index (χ0n) is 16.4. The molecule has 0 bridgehead atoms. The first-order valence-corrected chi connectivity index (χ1v) is 8.93. The second-order valence-corrected chi connectivity index (χ2v) is 6.62. The standard InChI is InChI=1S/C17H21FN6O5/c1-5-28-14-19-7-10(18)13(21-14)20-12-9-8-23(15(25)26)17(3,4)11(9)24(22-12)16(27)29-6-2/h7H,5-6,8H2,1-4H3,(H,25,26)(H,19,20,21,22). The average molecular weight is 408 g/mol. The van der Waals surface area contributed by atoms with Gasteiger partial charge in [0.15, 0.2) is 17.5 Å². The number of hydrogen-bond acceptors (Lipinski definition) is 8. The van der Waals surface area contributed by atoms with Gasteiger partial charge in [-0.3, -0.25) is 4.90 Å². The summed E-state index contributed by atoms with van der Waals surface area (Å²) >= 11 is 0. The Balaban J connectivity index is 2.08. The van der Waals surface area contributed by atoms with E-state index in [2.05, 4.69) is 20.4 Å². The molecule has 29 heavy (non-hydrogen) atoms. The van der Waals surface area contributed by atoms with Crippen LogP contribution in [0.15, 0.2) is 6.20 Å². The third-order valence-electron chi connectivity index (χ3n) is 4.46. The molecule has 2 N–H and O–H groups in total. The van der Waals surface area contributed by atoms with E-state index in [1.807, 2.05) is 0 Å². The maximum atomic E-state index is 14.2. The van der Waals surface area contributed by atoms with E-state index >= 15 is 0 Å². The minimum atomic E-state index is -1.17. The van der Waals surface area contributed by atoms with Crippen LogP contribution in [0, 0.1) is 5.82 Å². The summed E-state index contributed by atoms with van der Waals surface area (Å²) in [4.78, 5) is 32.9.